The molecule has 2 unspecified atom stereocenters. The van der Waals surface area contributed by atoms with Gasteiger partial charge in [-0.25, -0.2) is 0 Å². The number of hydrogen-bond acceptors (Lipinski definition) is 4. The molecule has 1 aromatic rings. The summed E-state index contributed by atoms with van der Waals surface area (Å²) in [7, 11) is 0. The molecule has 0 radical (unpaired) electrons. The van der Waals surface area contributed by atoms with Crippen molar-refractivity contribution in [3.8, 4) is 0 Å². The van der Waals surface area contributed by atoms with Crippen LogP contribution >= 0.6 is 11.8 Å². The van der Waals surface area contributed by atoms with Gasteiger partial charge in [0.05, 0.1) is 6.61 Å². The third-order valence-electron chi connectivity index (χ3n) is 2.92. The van der Waals surface area contributed by atoms with Gasteiger partial charge in [0.1, 0.15) is 5.76 Å². The maximum atomic E-state index is 12.0. The number of rotatable bonds is 6. The second-order valence-electron chi connectivity index (χ2n) is 4.30. The number of amides is 1. The normalized spacial score (nSPS) is 14.3. The Morgan fingerprint density at radius 2 is 2.28 bits per heavy atom. The van der Waals surface area contributed by atoms with Crippen LogP contribution in [-0.2, 0) is 6.42 Å². The van der Waals surface area contributed by atoms with Crippen LogP contribution in [0.4, 0.5) is 0 Å². The largest absolute Gasteiger partial charge is 0.456 e. The van der Waals surface area contributed by atoms with Gasteiger partial charge in [-0.15, -0.1) is 0 Å². The second-order valence-corrected chi connectivity index (χ2v) is 5.37. The van der Waals surface area contributed by atoms with Crippen LogP contribution in [0.1, 0.15) is 35.7 Å². The summed E-state index contributed by atoms with van der Waals surface area (Å²) < 4.78 is 5.49. The molecule has 2 N–H and O–H groups in total. The Kier molecular flexibility index (Phi) is 5.75. The Hall–Kier alpha value is -0.940. The third kappa shape index (κ3) is 3.53. The summed E-state index contributed by atoms with van der Waals surface area (Å²) in [5, 5.41) is 12.0. The van der Waals surface area contributed by atoms with Crippen LogP contribution in [0.15, 0.2) is 10.5 Å². The Labute approximate surface area is 112 Å². The molecular weight excluding hydrogens is 250 g/mol. The monoisotopic (exact) mass is 271 g/mol. The zero-order valence-corrected chi connectivity index (χ0v) is 12.1. The molecule has 1 heterocycles. The molecule has 0 bridgehead atoms. The average Bonchev–Trinajstić information content (AvgIpc) is 2.72. The van der Waals surface area contributed by atoms with Crippen LogP contribution in [0.2, 0.25) is 0 Å². The summed E-state index contributed by atoms with van der Waals surface area (Å²) >= 11 is 1.53. The summed E-state index contributed by atoms with van der Waals surface area (Å²) in [5.41, 5.74) is 0.848. The minimum Gasteiger partial charge on any atom is -0.456 e. The van der Waals surface area contributed by atoms with Crippen molar-refractivity contribution in [1.29, 1.82) is 0 Å². The highest BCUT2D eigenvalue weighted by molar-refractivity contribution is 7.99. The molecule has 5 heteroatoms. The van der Waals surface area contributed by atoms with Crippen LogP contribution in [0.25, 0.3) is 0 Å². The van der Waals surface area contributed by atoms with Crippen molar-refractivity contribution >= 4 is 17.7 Å². The van der Waals surface area contributed by atoms with E-state index in [2.05, 4.69) is 5.32 Å². The van der Waals surface area contributed by atoms with Gasteiger partial charge in [0.15, 0.2) is 5.76 Å². The maximum absolute atomic E-state index is 12.0. The van der Waals surface area contributed by atoms with Crippen molar-refractivity contribution in [2.45, 2.75) is 38.5 Å². The van der Waals surface area contributed by atoms with Crippen molar-refractivity contribution in [1.82, 2.24) is 5.32 Å². The lowest BCUT2D eigenvalue weighted by Gasteiger charge is -2.20. The fraction of sp³-hybridized carbons (Fsp3) is 0.615. The number of aryl methyl sites for hydroxylation is 2. The van der Waals surface area contributed by atoms with E-state index in [4.69, 9.17) is 4.42 Å². The fourth-order valence-corrected chi connectivity index (χ4v) is 2.38. The number of carbonyl (C=O) groups excluding carboxylic acids is 1. The summed E-state index contributed by atoms with van der Waals surface area (Å²) in [4.78, 5) is 12.0. The van der Waals surface area contributed by atoms with E-state index in [-0.39, 0.29) is 23.8 Å². The number of furan rings is 1. The highest BCUT2D eigenvalue weighted by Crippen LogP contribution is 2.16. The minimum absolute atomic E-state index is 0.00476. The standard InChI is InChI=1S/C13H21NO3S/c1-5-10-6-8(2)12(17-10)13(16)14-9(3)11(7-15)18-4/h6,9,11,15H,5,7H2,1-4H3,(H,14,16). The lowest BCUT2D eigenvalue weighted by molar-refractivity contribution is 0.0905. The SMILES string of the molecule is CCc1cc(C)c(C(=O)NC(C)C(CO)SC)o1. The van der Waals surface area contributed by atoms with Crippen molar-refractivity contribution < 1.29 is 14.3 Å². The number of thioether (sulfide) groups is 1. The van der Waals surface area contributed by atoms with E-state index in [0.717, 1.165) is 17.7 Å². The summed E-state index contributed by atoms with van der Waals surface area (Å²) in [6.45, 7) is 5.77. The van der Waals surface area contributed by atoms with E-state index in [1.807, 2.05) is 33.1 Å². The lowest BCUT2D eigenvalue weighted by Crippen LogP contribution is -2.41. The fourth-order valence-electron chi connectivity index (χ4n) is 1.75. The lowest BCUT2D eigenvalue weighted by atomic mass is 10.2. The molecule has 0 saturated carbocycles. The van der Waals surface area contributed by atoms with Gasteiger partial charge in [0.25, 0.3) is 5.91 Å². The van der Waals surface area contributed by atoms with Gasteiger partial charge in [0.2, 0.25) is 0 Å². The van der Waals surface area contributed by atoms with Crippen LogP contribution in [-0.4, -0.2) is 35.2 Å². The summed E-state index contributed by atoms with van der Waals surface area (Å²) in [5.74, 6) is 0.970. The van der Waals surface area contributed by atoms with Gasteiger partial charge in [-0.05, 0) is 26.2 Å². The van der Waals surface area contributed by atoms with Crippen molar-refractivity contribution in [2.24, 2.45) is 0 Å². The van der Waals surface area contributed by atoms with E-state index in [0.29, 0.717) is 5.76 Å². The van der Waals surface area contributed by atoms with Crippen LogP contribution in [0.5, 0.6) is 0 Å². The molecule has 0 aliphatic carbocycles. The molecule has 102 valence electrons. The molecule has 1 rings (SSSR count). The van der Waals surface area contributed by atoms with E-state index in [1.54, 1.807) is 0 Å². The van der Waals surface area contributed by atoms with Crippen LogP contribution in [0.3, 0.4) is 0 Å². The molecule has 0 saturated heterocycles. The van der Waals surface area contributed by atoms with Gasteiger partial charge in [-0.3, -0.25) is 4.79 Å². The van der Waals surface area contributed by atoms with Gasteiger partial charge in [0, 0.05) is 23.3 Å². The Bertz CT molecular complexity index is 399. The third-order valence-corrected chi connectivity index (χ3v) is 4.09. The minimum atomic E-state index is -0.216. The van der Waals surface area contributed by atoms with Gasteiger partial charge >= 0.3 is 0 Å². The van der Waals surface area contributed by atoms with E-state index >= 15 is 0 Å². The summed E-state index contributed by atoms with van der Waals surface area (Å²) in [6, 6.07) is 1.78. The van der Waals surface area contributed by atoms with Crippen molar-refractivity contribution in [3.05, 3.63) is 23.2 Å². The Balaban J connectivity index is 2.72. The molecule has 0 spiro atoms. The number of carbonyl (C=O) groups is 1. The van der Waals surface area contributed by atoms with E-state index in [9.17, 15) is 9.90 Å². The molecule has 1 aromatic heterocycles. The quantitative estimate of drug-likeness (QED) is 0.830. The molecule has 4 nitrogen and oxygen atoms in total. The maximum Gasteiger partial charge on any atom is 0.287 e. The molecule has 2 atom stereocenters. The average molecular weight is 271 g/mol. The molecule has 0 aliphatic rings. The first-order chi connectivity index (χ1) is 8.53. The molecule has 18 heavy (non-hydrogen) atoms. The first-order valence-corrected chi connectivity index (χ1v) is 7.36. The first-order valence-electron chi connectivity index (χ1n) is 6.07. The molecular formula is C13H21NO3S. The zero-order valence-electron chi connectivity index (χ0n) is 11.3. The number of nitrogens with one attached hydrogen (secondary N) is 1. The Morgan fingerprint density at radius 3 is 2.72 bits per heavy atom. The number of hydrogen-bond donors (Lipinski definition) is 2. The number of aliphatic hydroxyl groups excluding tert-OH is 1. The van der Waals surface area contributed by atoms with Gasteiger partial charge < -0.3 is 14.8 Å². The van der Waals surface area contributed by atoms with Crippen LogP contribution in [0, 0.1) is 6.92 Å². The first kappa shape index (κ1) is 15.1. The zero-order chi connectivity index (χ0) is 13.7. The van der Waals surface area contributed by atoms with Crippen LogP contribution < -0.4 is 5.32 Å². The Morgan fingerprint density at radius 1 is 1.61 bits per heavy atom. The predicted molar refractivity (Wildman–Crippen MR) is 74.1 cm³/mol. The summed E-state index contributed by atoms with van der Waals surface area (Å²) in [6.07, 6.45) is 2.69. The van der Waals surface area contributed by atoms with E-state index < -0.39 is 0 Å². The number of aliphatic hydroxyl groups is 1. The van der Waals surface area contributed by atoms with Crippen molar-refractivity contribution in [2.75, 3.05) is 12.9 Å². The molecule has 0 aromatic carbocycles. The second kappa shape index (κ2) is 6.85. The highest BCUT2D eigenvalue weighted by atomic mass is 32.2. The highest BCUT2D eigenvalue weighted by Gasteiger charge is 2.21. The van der Waals surface area contributed by atoms with Gasteiger partial charge in [-0.1, -0.05) is 6.92 Å². The topological polar surface area (TPSA) is 62.5 Å². The van der Waals surface area contributed by atoms with Gasteiger partial charge in [-0.2, -0.15) is 11.8 Å². The smallest absolute Gasteiger partial charge is 0.287 e. The van der Waals surface area contributed by atoms with Crippen molar-refractivity contribution in [3.63, 3.8) is 0 Å². The molecule has 1 amide bonds. The molecule has 0 fully saturated rings. The predicted octanol–water partition coefficient (Wildman–Crippen LogP) is 1.99. The van der Waals surface area contributed by atoms with E-state index in [1.165, 1.54) is 11.8 Å². The molecule has 0 aliphatic heterocycles.